The molecule has 12 heavy (non-hydrogen) atoms. The van der Waals surface area contributed by atoms with E-state index in [1.807, 2.05) is 0 Å². The molecule has 0 saturated heterocycles. The largest absolute Gasteiger partial charge is 0.355 e. The van der Waals surface area contributed by atoms with Gasteiger partial charge in [0.05, 0.1) is 0 Å². The number of amides is 1. The minimum absolute atomic E-state index is 0.169. The number of carbonyl (C=O) groups excluding carboxylic acids is 1. The van der Waals surface area contributed by atoms with Crippen LogP contribution in [0.3, 0.4) is 0 Å². The van der Waals surface area contributed by atoms with Gasteiger partial charge in [-0.05, 0) is 12.1 Å². The van der Waals surface area contributed by atoms with Crippen molar-refractivity contribution in [1.29, 1.82) is 0 Å². The Kier molecular flexibility index (Phi) is 2.28. The van der Waals surface area contributed by atoms with Gasteiger partial charge >= 0.3 is 0 Å². The van der Waals surface area contributed by atoms with E-state index in [0.29, 0.717) is 0 Å². The van der Waals surface area contributed by atoms with Gasteiger partial charge in [0.1, 0.15) is 5.56 Å². The van der Waals surface area contributed by atoms with E-state index < -0.39 is 0 Å². The third kappa shape index (κ3) is 1.37. The molecule has 4 heteroatoms. The average Bonchev–Trinajstić information content (AvgIpc) is 2.08. The smallest absolute Gasteiger partial charge is 0.263 e. The van der Waals surface area contributed by atoms with Crippen LogP contribution in [0.2, 0.25) is 0 Å². The average molecular weight is 166 g/mol. The van der Waals surface area contributed by atoms with Crippen LogP contribution in [0.25, 0.3) is 0 Å². The molecule has 0 radical (unpaired) electrons. The predicted molar refractivity (Wildman–Crippen MR) is 45.1 cm³/mol. The Morgan fingerprint density at radius 1 is 1.58 bits per heavy atom. The molecule has 1 aromatic heterocycles. The Bertz CT molecular complexity index is 354. The first-order valence-corrected chi connectivity index (χ1v) is 3.54. The van der Waals surface area contributed by atoms with Gasteiger partial charge in [-0.2, -0.15) is 0 Å². The Hall–Kier alpha value is -1.58. The highest BCUT2D eigenvalue weighted by molar-refractivity contribution is 5.93. The quantitative estimate of drug-likeness (QED) is 0.625. The summed E-state index contributed by atoms with van der Waals surface area (Å²) < 4.78 is 1.37. The first kappa shape index (κ1) is 8.52. The summed E-state index contributed by atoms with van der Waals surface area (Å²) >= 11 is 0. The highest BCUT2D eigenvalue weighted by Crippen LogP contribution is 1.89. The van der Waals surface area contributed by atoms with E-state index in [2.05, 4.69) is 5.32 Å². The normalized spacial score (nSPS) is 9.50. The Morgan fingerprint density at radius 3 is 2.83 bits per heavy atom. The molecule has 0 unspecified atom stereocenters. The predicted octanol–water partition coefficient (Wildman–Crippen LogP) is -0.255. The lowest BCUT2D eigenvalue weighted by molar-refractivity contribution is 0.0961. The number of nitrogens with one attached hydrogen (secondary N) is 1. The standard InChI is InChI=1S/C8H10N2O2/c1-9-7(11)6-4-3-5-10(2)8(6)12/h3-5H,1-2H3,(H,9,11). The monoisotopic (exact) mass is 166 g/mol. The molecule has 1 rings (SSSR count). The van der Waals surface area contributed by atoms with Crippen molar-refractivity contribution in [2.24, 2.45) is 7.05 Å². The Balaban J connectivity index is 3.26. The molecule has 0 spiro atoms. The van der Waals surface area contributed by atoms with Crippen molar-refractivity contribution in [3.05, 3.63) is 34.2 Å². The van der Waals surface area contributed by atoms with E-state index in [9.17, 15) is 9.59 Å². The molecule has 4 nitrogen and oxygen atoms in total. The summed E-state index contributed by atoms with van der Waals surface area (Å²) in [7, 11) is 3.10. The van der Waals surface area contributed by atoms with Crippen molar-refractivity contribution in [3.63, 3.8) is 0 Å². The summed E-state index contributed by atoms with van der Waals surface area (Å²) in [4.78, 5) is 22.3. The molecule has 0 aliphatic rings. The summed E-state index contributed by atoms with van der Waals surface area (Å²) in [5.41, 5.74) is -0.112. The fourth-order valence-corrected chi connectivity index (χ4v) is 0.905. The van der Waals surface area contributed by atoms with Crippen molar-refractivity contribution in [1.82, 2.24) is 9.88 Å². The van der Waals surface area contributed by atoms with E-state index >= 15 is 0 Å². The van der Waals surface area contributed by atoms with Crippen LogP contribution in [0.15, 0.2) is 23.1 Å². The van der Waals surface area contributed by atoms with Gasteiger partial charge in [0.15, 0.2) is 0 Å². The second kappa shape index (κ2) is 3.21. The van der Waals surface area contributed by atoms with Crippen LogP contribution in [0.1, 0.15) is 10.4 Å². The topological polar surface area (TPSA) is 51.1 Å². The van der Waals surface area contributed by atoms with Crippen LogP contribution < -0.4 is 10.9 Å². The minimum atomic E-state index is -0.351. The molecule has 0 aromatic carbocycles. The van der Waals surface area contributed by atoms with E-state index in [-0.39, 0.29) is 17.0 Å². The van der Waals surface area contributed by atoms with Gasteiger partial charge in [-0.1, -0.05) is 0 Å². The second-order valence-electron chi connectivity index (χ2n) is 2.42. The fraction of sp³-hybridized carbons (Fsp3) is 0.250. The van der Waals surface area contributed by atoms with Crippen LogP contribution >= 0.6 is 0 Å². The van der Waals surface area contributed by atoms with Gasteiger partial charge < -0.3 is 9.88 Å². The van der Waals surface area contributed by atoms with Crippen molar-refractivity contribution in [2.75, 3.05) is 7.05 Å². The summed E-state index contributed by atoms with van der Waals surface area (Å²) in [5.74, 6) is -0.351. The molecule has 0 aliphatic carbocycles. The van der Waals surface area contributed by atoms with Gasteiger partial charge in [0, 0.05) is 20.3 Å². The molecular weight excluding hydrogens is 156 g/mol. The van der Waals surface area contributed by atoms with Crippen LogP contribution in [0.5, 0.6) is 0 Å². The van der Waals surface area contributed by atoms with Gasteiger partial charge in [0.2, 0.25) is 0 Å². The maximum Gasteiger partial charge on any atom is 0.263 e. The number of aromatic nitrogens is 1. The number of rotatable bonds is 1. The highest BCUT2D eigenvalue weighted by atomic mass is 16.2. The molecule has 1 aromatic rings. The molecule has 0 bridgehead atoms. The van der Waals surface area contributed by atoms with Gasteiger partial charge in [-0.25, -0.2) is 0 Å². The van der Waals surface area contributed by atoms with Crippen molar-refractivity contribution in [2.45, 2.75) is 0 Å². The van der Waals surface area contributed by atoms with Crippen molar-refractivity contribution >= 4 is 5.91 Å². The lowest BCUT2D eigenvalue weighted by atomic mass is 10.2. The lowest BCUT2D eigenvalue weighted by Gasteiger charge is -2.00. The molecule has 64 valence electrons. The molecular formula is C8H10N2O2. The van der Waals surface area contributed by atoms with Gasteiger partial charge in [-0.3, -0.25) is 9.59 Å². The van der Waals surface area contributed by atoms with E-state index in [4.69, 9.17) is 0 Å². The molecule has 0 saturated carbocycles. The summed E-state index contributed by atoms with van der Waals surface area (Å²) in [6, 6.07) is 3.16. The molecule has 0 atom stereocenters. The van der Waals surface area contributed by atoms with Gasteiger partial charge in [0.25, 0.3) is 11.5 Å². The maximum absolute atomic E-state index is 11.3. The minimum Gasteiger partial charge on any atom is -0.355 e. The van der Waals surface area contributed by atoms with Crippen molar-refractivity contribution < 1.29 is 4.79 Å². The van der Waals surface area contributed by atoms with Crippen LogP contribution in [0, 0.1) is 0 Å². The van der Waals surface area contributed by atoms with Crippen molar-refractivity contribution in [3.8, 4) is 0 Å². The summed E-state index contributed by atoms with van der Waals surface area (Å²) in [6.07, 6.45) is 1.61. The Morgan fingerprint density at radius 2 is 2.25 bits per heavy atom. The summed E-state index contributed by atoms with van der Waals surface area (Å²) in [5, 5.41) is 2.40. The first-order valence-electron chi connectivity index (χ1n) is 3.54. The fourth-order valence-electron chi connectivity index (χ4n) is 0.905. The molecule has 1 heterocycles. The SMILES string of the molecule is CNC(=O)c1cccn(C)c1=O. The molecule has 1 amide bonds. The van der Waals surface area contributed by atoms with E-state index in [0.717, 1.165) is 0 Å². The third-order valence-corrected chi connectivity index (χ3v) is 1.60. The third-order valence-electron chi connectivity index (χ3n) is 1.60. The van der Waals surface area contributed by atoms with Crippen LogP contribution in [-0.2, 0) is 7.05 Å². The number of pyridine rings is 1. The number of aryl methyl sites for hydroxylation is 1. The van der Waals surface area contributed by atoms with Gasteiger partial charge in [-0.15, -0.1) is 0 Å². The molecule has 1 N–H and O–H groups in total. The zero-order valence-electron chi connectivity index (χ0n) is 7.00. The van der Waals surface area contributed by atoms with Crippen LogP contribution in [0.4, 0.5) is 0 Å². The number of hydrogen-bond donors (Lipinski definition) is 1. The highest BCUT2D eigenvalue weighted by Gasteiger charge is 2.07. The zero-order chi connectivity index (χ0) is 9.14. The number of nitrogens with zero attached hydrogens (tertiary/aromatic N) is 1. The maximum atomic E-state index is 11.3. The summed E-state index contributed by atoms with van der Waals surface area (Å²) in [6.45, 7) is 0. The Labute approximate surface area is 69.8 Å². The molecule has 0 fully saturated rings. The number of hydrogen-bond acceptors (Lipinski definition) is 2. The zero-order valence-corrected chi connectivity index (χ0v) is 7.00. The van der Waals surface area contributed by atoms with Crippen LogP contribution in [-0.4, -0.2) is 17.5 Å². The van der Waals surface area contributed by atoms with E-state index in [1.165, 1.54) is 17.7 Å². The lowest BCUT2D eigenvalue weighted by Crippen LogP contribution is -2.29. The number of carbonyl (C=O) groups is 1. The van der Waals surface area contributed by atoms with E-state index in [1.54, 1.807) is 19.3 Å². The second-order valence-corrected chi connectivity index (χ2v) is 2.42. The molecule has 0 aliphatic heterocycles. The first-order chi connectivity index (χ1) is 5.66.